The fourth-order valence-corrected chi connectivity index (χ4v) is 2.76. The highest BCUT2D eigenvalue weighted by Crippen LogP contribution is 2.25. The smallest absolute Gasteiger partial charge is 0.154 e. The predicted molar refractivity (Wildman–Crippen MR) is 77.1 cm³/mol. The van der Waals surface area contributed by atoms with E-state index < -0.39 is 0 Å². The minimum atomic E-state index is 0.294. The maximum absolute atomic E-state index is 5.20. The molecule has 106 valence electrons. The van der Waals surface area contributed by atoms with E-state index in [0.29, 0.717) is 6.04 Å². The Morgan fingerprint density at radius 3 is 2.50 bits per heavy atom. The van der Waals surface area contributed by atoms with Crippen LogP contribution in [0.2, 0.25) is 0 Å². The minimum Gasteiger partial charge on any atom is -0.497 e. The molecule has 2 aromatic rings. The molecule has 3 rings (SSSR count). The lowest BCUT2D eigenvalue weighted by Gasteiger charge is -2.23. The summed E-state index contributed by atoms with van der Waals surface area (Å²) in [6.07, 6.45) is 4.34. The summed E-state index contributed by atoms with van der Waals surface area (Å²) >= 11 is 0. The molecule has 1 aliphatic heterocycles. The second-order valence-corrected chi connectivity index (χ2v) is 5.18. The summed E-state index contributed by atoms with van der Waals surface area (Å²) in [4.78, 5) is 2.46. The zero-order chi connectivity index (χ0) is 13.9. The van der Waals surface area contributed by atoms with Crippen molar-refractivity contribution in [2.75, 3.05) is 20.2 Å². The summed E-state index contributed by atoms with van der Waals surface area (Å²) in [7, 11) is 1.68. The number of nitrogens with zero attached hydrogens (tertiary/aromatic N) is 4. The van der Waals surface area contributed by atoms with E-state index in [9.17, 15) is 0 Å². The number of hydrogen-bond donors (Lipinski definition) is 0. The van der Waals surface area contributed by atoms with Crippen LogP contribution in [0.4, 0.5) is 0 Å². The Morgan fingerprint density at radius 2 is 1.85 bits per heavy atom. The van der Waals surface area contributed by atoms with Crippen molar-refractivity contribution in [2.24, 2.45) is 0 Å². The van der Waals surface area contributed by atoms with Crippen molar-refractivity contribution in [3.05, 3.63) is 36.4 Å². The van der Waals surface area contributed by atoms with Crippen LogP contribution in [-0.2, 0) is 0 Å². The van der Waals surface area contributed by atoms with Gasteiger partial charge in [-0.3, -0.25) is 9.47 Å². The van der Waals surface area contributed by atoms with Gasteiger partial charge in [0.2, 0.25) is 0 Å². The highest BCUT2D eigenvalue weighted by atomic mass is 16.5. The van der Waals surface area contributed by atoms with Gasteiger partial charge in [-0.05, 0) is 57.1 Å². The number of likely N-dealkylation sites (tertiary alicyclic amines) is 1. The van der Waals surface area contributed by atoms with Gasteiger partial charge in [-0.1, -0.05) is 0 Å². The second-order valence-electron chi connectivity index (χ2n) is 5.18. The number of methoxy groups -OCH3 is 1. The molecule has 1 aromatic heterocycles. The maximum atomic E-state index is 5.20. The van der Waals surface area contributed by atoms with E-state index in [-0.39, 0.29) is 0 Å². The normalized spacial score (nSPS) is 17.3. The highest BCUT2D eigenvalue weighted by Gasteiger charge is 2.23. The molecule has 0 saturated carbocycles. The minimum absolute atomic E-state index is 0.294. The van der Waals surface area contributed by atoms with Gasteiger partial charge in [-0.2, -0.15) is 0 Å². The van der Waals surface area contributed by atoms with Gasteiger partial charge in [-0.15, -0.1) is 10.2 Å². The number of aromatic nitrogens is 3. The first kappa shape index (κ1) is 13.1. The maximum Gasteiger partial charge on any atom is 0.154 e. The van der Waals surface area contributed by atoms with E-state index in [0.717, 1.165) is 30.4 Å². The van der Waals surface area contributed by atoms with Gasteiger partial charge in [0.05, 0.1) is 13.2 Å². The molecule has 5 heteroatoms. The van der Waals surface area contributed by atoms with Crippen LogP contribution in [-0.4, -0.2) is 39.9 Å². The van der Waals surface area contributed by atoms with Crippen molar-refractivity contribution in [3.8, 4) is 11.4 Å². The molecular formula is C15H20N4O. The van der Waals surface area contributed by atoms with E-state index in [1.807, 2.05) is 24.3 Å². The van der Waals surface area contributed by atoms with E-state index >= 15 is 0 Å². The molecule has 1 saturated heterocycles. The van der Waals surface area contributed by atoms with Crippen molar-refractivity contribution in [1.82, 2.24) is 19.7 Å². The molecule has 0 bridgehead atoms. The predicted octanol–water partition coefficient (Wildman–Crippen LogP) is 2.43. The molecular weight excluding hydrogens is 252 g/mol. The first-order valence-electron chi connectivity index (χ1n) is 7.08. The second kappa shape index (κ2) is 5.63. The lowest BCUT2D eigenvalue weighted by Crippen LogP contribution is -2.25. The molecule has 1 aromatic carbocycles. The SMILES string of the molecule is COc1ccc(-n2cnnc2[C@@H](C)N2CCCC2)cc1. The molecule has 0 spiro atoms. The standard InChI is InChI=1S/C15H20N4O/c1-12(18-9-3-4-10-18)15-17-16-11-19(15)13-5-7-14(20-2)8-6-13/h5-8,11-12H,3-4,9-10H2,1-2H3/t12-/m1/s1. The third kappa shape index (κ3) is 2.41. The largest absolute Gasteiger partial charge is 0.497 e. The quantitative estimate of drug-likeness (QED) is 0.857. The van der Waals surface area contributed by atoms with Crippen LogP contribution >= 0.6 is 0 Å². The van der Waals surface area contributed by atoms with Gasteiger partial charge >= 0.3 is 0 Å². The van der Waals surface area contributed by atoms with Gasteiger partial charge in [-0.25, -0.2) is 0 Å². The molecule has 0 unspecified atom stereocenters. The number of ether oxygens (including phenoxy) is 1. The average Bonchev–Trinajstić information content (AvgIpc) is 3.18. The Hall–Kier alpha value is -1.88. The number of benzene rings is 1. The van der Waals surface area contributed by atoms with Crippen molar-refractivity contribution in [2.45, 2.75) is 25.8 Å². The van der Waals surface area contributed by atoms with E-state index in [1.54, 1.807) is 13.4 Å². The van der Waals surface area contributed by atoms with E-state index in [1.165, 1.54) is 12.8 Å². The summed E-state index contributed by atoms with van der Waals surface area (Å²) in [5.41, 5.74) is 1.07. The average molecular weight is 272 g/mol. The summed E-state index contributed by atoms with van der Waals surface area (Å²) in [5, 5.41) is 8.41. The van der Waals surface area contributed by atoms with E-state index in [2.05, 4.69) is 26.6 Å². The highest BCUT2D eigenvalue weighted by molar-refractivity contribution is 5.38. The summed E-state index contributed by atoms with van der Waals surface area (Å²) in [5.74, 6) is 1.85. The molecule has 20 heavy (non-hydrogen) atoms. The Kier molecular flexibility index (Phi) is 3.69. The lowest BCUT2D eigenvalue weighted by molar-refractivity contribution is 0.251. The van der Waals surface area contributed by atoms with Crippen LogP contribution in [0, 0.1) is 0 Å². The summed E-state index contributed by atoms with van der Waals surface area (Å²) in [6.45, 7) is 4.50. The first-order valence-corrected chi connectivity index (χ1v) is 7.08. The fraction of sp³-hybridized carbons (Fsp3) is 0.467. The molecule has 1 fully saturated rings. The van der Waals surface area contributed by atoms with Crippen molar-refractivity contribution in [3.63, 3.8) is 0 Å². The van der Waals surface area contributed by atoms with Crippen molar-refractivity contribution < 1.29 is 4.74 Å². The van der Waals surface area contributed by atoms with Crippen molar-refractivity contribution in [1.29, 1.82) is 0 Å². The first-order chi connectivity index (χ1) is 9.79. The number of rotatable bonds is 4. The zero-order valence-corrected chi connectivity index (χ0v) is 12.0. The Labute approximate surface area is 119 Å². The molecule has 0 N–H and O–H groups in total. The lowest BCUT2D eigenvalue weighted by atomic mass is 10.2. The zero-order valence-electron chi connectivity index (χ0n) is 12.0. The van der Waals surface area contributed by atoms with Crippen LogP contribution in [0.15, 0.2) is 30.6 Å². The van der Waals surface area contributed by atoms with Crippen molar-refractivity contribution >= 4 is 0 Å². The Morgan fingerprint density at radius 1 is 1.15 bits per heavy atom. The molecule has 2 heterocycles. The van der Waals surface area contributed by atoms with Crippen LogP contribution < -0.4 is 4.74 Å². The Bertz CT molecular complexity index is 558. The Balaban J connectivity index is 1.88. The monoisotopic (exact) mass is 272 g/mol. The van der Waals surface area contributed by atoms with Gasteiger partial charge in [0.25, 0.3) is 0 Å². The topological polar surface area (TPSA) is 43.2 Å². The van der Waals surface area contributed by atoms with Gasteiger partial charge in [0.15, 0.2) is 5.82 Å². The molecule has 0 amide bonds. The summed E-state index contributed by atoms with van der Waals surface area (Å²) < 4.78 is 7.25. The third-order valence-electron chi connectivity index (χ3n) is 3.99. The molecule has 1 aliphatic rings. The van der Waals surface area contributed by atoms with Gasteiger partial charge in [0, 0.05) is 5.69 Å². The molecule has 0 aliphatic carbocycles. The fourth-order valence-electron chi connectivity index (χ4n) is 2.76. The van der Waals surface area contributed by atoms with Gasteiger partial charge < -0.3 is 4.74 Å². The van der Waals surface area contributed by atoms with Crippen LogP contribution in [0.25, 0.3) is 5.69 Å². The van der Waals surface area contributed by atoms with Gasteiger partial charge in [0.1, 0.15) is 12.1 Å². The van der Waals surface area contributed by atoms with Crippen LogP contribution in [0.3, 0.4) is 0 Å². The summed E-state index contributed by atoms with van der Waals surface area (Å²) in [6, 6.07) is 8.27. The van der Waals surface area contributed by atoms with Crippen LogP contribution in [0.5, 0.6) is 5.75 Å². The molecule has 0 radical (unpaired) electrons. The molecule has 1 atom stereocenters. The number of hydrogen-bond acceptors (Lipinski definition) is 4. The third-order valence-corrected chi connectivity index (χ3v) is 3.99. The van der Waals surface area contributed by atoms with Crippen LogP contribution in [0.1, 0.15) is 31.6 Å². The molecule has 5 nitrogen and oxygen atoms in total. The van der Waals surface area contributed by atoms with E-state index in [4.69, 9.17) is 4.74 Å².